The minimum absolute atomic E-state index is 0.00848. The van der Waals surface area contributed by atoms with Crippen molar-refractivity contribution in [2.75, 3.05) is 25.4 Å². The van der Waals surface area contributed by atoms with Gasteiger partial charge in [-0.2, -0.15) is 0 Å². The van der Waals surface area contributed by atoms with Crippen molar-refractivity contribution in [3.63, 3.8) is 0 Å². The number of thiophene rings is 1. The average molecular weight is 482 g/mol. The van der Waals surface area contributed by atoms with Crippen molar-refractivity contribution in [3.8, 4) is 0 Å². The minimum atomic E-state index is -1.15. The summed E-state index contributed by atoms with van der Waals surface area (Å²) in [5.41, 5.74) is 0.0638. The maximum absolute atomic E-state index is 13.3. The fraction of sp³-hybridized carbons (Fsp3) is 0.435. The van der Waals surface area contributed by atoms with Crippen LogP contribution in [0.1, 0.15) is 35.9 Å². The summed E-state index contributed by atoms with van der Waals surface area (Å²) in [5.74, 6) is -1.96. The number of hydrogen-bond acceptors (Lipinski definition) is 7. The highest BCUT2D eigenvalue weighted by atomic mass is 32.2. The van der Waals surface area contributed by atoms with Crippen LogP contribution in [0, 0.1) is 0 Å². The number of ether oxygens (including phenoxy) is 1. The van der Waals surface area contributed by atoms with Crippen molar-refractivity contribution in [3.05, 3.63) is 58.2 Å². The highest BCUT2D eigenvalue weighted by molar-refractivity contribution is 7.99. The molecule has 3 rings (SSSR count). The normalized spacial score (nSPS) is 22.1. The Morgan fingerprint density at radius 3 is 2.81 bits per heavy atom. The Morgan fingerprint density at radius 1 is 1.38 bits per heavy atom. The smallest absolute Gasteiger partial charge is 0.323 e. The molecule has 1 aliphatic heterocycles. The van der Waals surface area contributed by atoms with Crippen LogP contribution in [0.15, 0.2) is 47.7 Å². The SMILES string of the molecule is [2H]c1c([2H])c([2H])c(CC[C@@H](N[C@@H]2CS[C@@H](c3cccs3)CN(CC(=O)O)C2=O)C(=O)OCC)c([2H])c1[2H]. The average Bonchev–Trinajstić information content (AvgIpc) is 3.35. The third-order valence-electron chi connectivity index (χ3n) is 4.85. The second-order valence-corrected chi connectivity index (χ2v) is 9.33. The van der Waals surface area contributed by atoms with Gasteiger partial charge in [-0.25, -0.2) is 0 Å². The highest BCUT2D eigenvalue weighted by Crippen LogP contribution is 2.35. The van der Waals surface area contributed by atoms with Gasteiger partial charge in [0.2, 0.25) is 5.91 Å². The lowest BCUT2D eigenvalue weighted by molar-refractivity contribution is -0.148. The molecule has 1 amide bonds. The topological polar surface area (TPSA) is 95.9 Å². The number of carbonyl (C=O) groups excluding carboxylic acids is 2. The van der Waals surface area contributed by atoms with Gasteiger partial charge in [0.1, 0.15) is 12.6 Å². The molecule has 2 heterocycles. The first-order chi connectivity index (χ1) is 17.5. The van der Waals surface area contributed by atoms with Crippen LogP contribution in [0.25, 0.3) is 0 Å². The maximum atomic E-state index is 13.3. The molecule has 9 heteroatoms. The number of hydrogen-bond donors (Lipinski definition) is 2. The molecule has 0 radical (unpaired) electrons. The molecule has 32 heavy (non-hydrogen) atoms. The van der Waals surface area contributed by atoms with E-state index < -0.39 is 54.6 Å². The molecule has 1 saturated heterocycles. The Labute approximate surface area is 203 Å². The molecule has 1 aromatic carbocycles. The number of carboxylic acids is 1. The van der Waals surface area contributed by atoms with E-state index in [9.17, 15) is 19.5 Å². The Balaban J connectivity index is 1.84. The molecule has 1 aliphatic rings. The van der Waals surface area contributed by atoms with E-state index in [1.54, 1.807) is 6.92 Å². The Kier molecular flexibility index (Phi) is 6.81. The zero-order chi connectivity index (χ0) is 27.3. The number of benzene rings is 1. The fourth-order valence-electron chi connectivity index (χ4n) is 3.36. The first-order valence-electron chi connectivity index (χ1n) is 12.7. The van der Waals surface area contributed by atoms with Gasteiger partial charge in [0.05, 0.1) is 24.8 Å². The van der Waals surface area contributed by atoms with Gasteiger partial charge in [-0.15, -0.1) is 23.1 Å². The predicted octanol–water partition coefficient (Wildman–Crippen LogP) is 2.97. The molecular weight excluding hydrogens is 448 g/mol. The molecule has 2 N–H and O–H groups in total. The lowest BCUT2D eigenvalue weighted by atomic mass is 10.0. The number of esters is 1. The van der Waals surface area contributed by atoms with Crippen molar-refractivity contribution in [1.29, 1.82) is 0 Å². The number of rotatable bonds is 10. The van der Waals surface area contributed by atoms with E-state index in [2.05, 4.69) is 5.32 Å². The van der Waals surface area contributed by atoms with Crippen molar-refractivity contribution in [1.82, 2.24) is 10.2 Å². The van der Waals surface area contributed by atoms with Gasteiger partial charge in [-0.1, -0.05) is 36.3 Å². The van der Waals surface area contributed by atoms with E-state index in [0.29, 0.717) is 0 Å². The fourth-order valence-corrected chi connectivity index (χ4v) is 5.62. The van der Waals surface area contributed by atoms with Crippen LogP contribution < -0.4 is 5.32 Å². The summed E-state index contributed by atoms with van der Waals surface area (Å²) >= 11 is 3.01. The van der Waals surface area contributed by atoms with Crippen LogP contribution >= 0.6 is 23.1 Å². The van der Waals surface area contributed by atoms with E-state index in [-0.39, 0.29) is 54.6 Å². The van der Waals surface area contributed by atoms with Crippen LogP contribution in [-0.4, -0.2) is 65.4 Å². The first-order valence-corrected chi connectivity index (χ1v) is 12.1. The molecular formula is C23H28N2O5S2. The standard InChI is InChI=1S/C23H28N2O5S2/c1-2-30-23(29)17(11-10-16-7-4-3-5-8-16)24-18-15-32-20(19-9-6-12-31-19)13-25(22(18)28)14-21(26)27/h3-9,12,17-18,20,24H,2,10-11,13-15H2,1H3,(H,26,27)/t17-,18-,20-/m1/s1/i3D,4D,5D,7D,8D. The summed E-state index contributed by atoms with van der Waals surface area (Å²) in [7, 11) is 0. The number of nitrogens with zero attached hydrogens (tertiary/aromatic N) is 1. The third-order valence-corrected chi connectivity index (χ3v) is 7.32. The predicted molar refractivity (Wildman–Crippen MR) is 126 cm³/mol. The van der Waals surface area contributed by atoms with E-state index in [1.165, 1.54) is 28.0 Å². The summed E-state index contributed by atoms with van der Waals surface area (Å²) in [6.07, 6.45) is -0.0224. The molecule has 7 nitrogen and oxygen atoms in total. The van der Waals surface area contributed by atoms with Crippen LogP contribution in [0.2, 0.25) is 0 Å². The van der Waals surface area contributed by atoms with E-state index in [1.807, 2.05) is 17.5 Å². The Bertz CT molecular complexity index is 1120. The van der Waals surface area contributed by atoms with Crippen molar-refractivity contribution in [2.24, 2.45) is 0 Å². The summed E-state index contributed by atoms with van der Waals surface area (Å²) in [4.78, 5) is 39.9. The zero-order valence-electron chi connectivity index (χ0n) is 22.6. The second kappa shape index (κ2) is 12.0. The van der Waals surface area contributed by atoms with Gasteiger partial charge < -0.3 is 14.7 Å². The van der Waals surface area contributed by atoms with Crippen molar-refractivity contribution >= 4 is 40.9 Å². The largest absolute Gasteiger partial charge is 0.480 e. The number of aliphatic carboxylic acids is 1. The van der Waals surface area contributed by atoms with E-state index >= 15 is 0 Å². The number of carboxylic acid groups (broad SMARTS) is 1. The quantitative estimate of drug-likeness (QED) is 0.504. The van der Waals surface area contributed by atoms with E-state index in [0.717, 1.165) is 4.88 Å². The van der Waals surface area contributed by atoms with Crippen LogP contribution in [0.4, 0.5) is 0 Å². The van der Waals surface area contributed by atoms with Crippen LogP contribution in [0.5, 0.6) is 0 Å². The number of nitrogens with one attached hydrogen (secondary N) is 1. The molecule has 0 saturated carbocycles. The molecule has 3 atom stereocenters. The van der Waals surface area contributed by atoms with Crippen molar-refractivity contribution in [2.45, 2.75) is 37.1 Å². The first kappa shape index (κ1) is 18.1. The zero-order valence-corrected chi connectivity index (χ0v) is 19.2. The van der Waals surface area contributed by atoms with Gasteiger partial charge in [-0.3, -0.25) is 19.7 Å². The minimum Gasteiger partial charge on any atom is -0.480 e. The van der Waals surface area contributed by atoms with Gasteiger partial charge in [0, 0.05) is 17.2 Å². The summed E-state index contributed by atoms with van der Waals surface area (Å²) < 4.78 is 44.9. The molecule has 1 fully saturated rings. The Hall–Kier alpha value is -2.36. The lowest BCUT2D eigenvalue weighted by Gasteiger charge is -2.26. The van der Waals surface area contributed by atoms with Gasteiger partial charge in [0.15, 0.2) is 0 Å². The number of thioether (sulfide) groups is 1. The molecule has 172 valence electrons. The molecule has 0 spiro atoms. The van der Waals surface area contributed by atoms with Gasteiger partial charge in [0.25, 0.3) is 0 Å². The molecule has 0 aliphatic carbocycles. The van der Waals surface area contributed by atoms with Crippen LogP contribution in [0.3, 0.4) is 0 Å². The summed E-state index contributed by atoms with van der Waals surface area (Å²) in [6, 6.07) is -0.199. The number of carbonyl (C=O) groups is 3. The maximum Gasteiger partial charge on any atom is 0.323 e. The van der Waals surface area contributed by atoms with Gasteiger partial charge in [-0.05, 0) is 36.8 Å². The summed E-state index contributed by atoms with van der Waals surface area (Å²) in [6.45, 7) is 1.45. The van der Waals surface area contributed by atoms with Gasteiger partial charge >= 0.3 is 11.9 Å². The second-order valence-electron chi connectivity index (χ2n) is 7.12. The summed E-state index contributed by atoms with van der Waals surface area (Å²) in [5, 5.41) is 14.2. The lowest BCUT2D eigenvalue weighted by Crippen LogP contribution is -2.53. The molecule has 2 aromatic rings. The monoisotopic (exact) mass is 481 g/mol. The Morgan fingerprint density at radius 2 is 2.16 bits per heavy atom. The molecule has 1 aromatic heterocycles. The highest BCUT2D eigenvalue weighted by Gasteiger charge is 2.36. The number of amides is 1. The molecule has 0 unspecified atom stereocenters. The molecule has 0 bridgehead atoms. The van der Waals surface area contributed by atoms with Crippen molar-refractivity contribution < 1.29 is 31.1 Å². The van der Waals surface area contributed by atoms with Crippen LogP contribution in [-0.2, 0) is 25.5 Å². The third kappa shape index (κ3) is 6.82. The van der Waals surface area contributed by atoms with E-state index in [4.69, 9.17) is 11.6 Å².